The molecule has 0 N–H and O–H groups in total. The van der Waals surface area contributed by atoms with Crippen molar-refractivity contribution in [2.75, 3.05) is 0 Å². The van der Waals surface area contributed by atoms with Crippen molar-refractivity contribution in [1.82, 2.24) is 4.98 Å². The Bertz CT molecular complexity index is 907. The average molecular weight is 385 g/mol. The lowest BCUT2D eigenvalue weighted by Crippen LogP contribution is -1.83. The third-order valence-corrected chi connectivity index (χ3v) is 4.52. The Morgan fingerprint density at radius 2 is 2.00 bits per heavy atom. The summed E-state index contributed by atoms with van der Waals surface area (Å²) < 4.78 is 13.9. The standard InChI is InChI=1S/C18H10BrFN2S/c19-15-3-1-2-12(9-15)8-14(10-21)18-22-17(11-23-18)13-4-6-16(20)7-5-13/h1-9,11H/b14-8-. The molecule has 0 aliphatic carbocycles. The Balaban J connectivity index is 1.94. The van der Waals surface area contributed by atoms with E-state index < -0.39 is 0 Å². The van der Waals surface area contributed by atoms with Gasteiger partial charge in [0.25, 0.3) is 0 Å². The largest absolute Gasteiger partial charge is 0.235 e. The second kappa shape index (κ2) is 6.86. The van der Waals surface area contributed by atoms with Crippen LogP contribution in [0.2, 0.25) is 0 Å². The van der Waals surface area contributed by atoms with Gasteiger partial charge in [0.05, 0.1) is 11.3 Å². The van der Waals surface area contributed by atoms with Crippen LogP contribution in [0.25, 0.3) is 22.9 Å². The van der Waals surface area contributed by atoms with Crippen LogP contribution < -0.4 is 0 Å². The molecule has 23 heavy (non-hydrogen) atoms. The minimum Gasteiger partial charge on any atom is -0.235 e. The fourth-order valence-corrected chi connectivity index (χ4v) is 3.27. The molecular weight excluding hydrogens is 375 g/mol. The number of nitrogens with zero attached hydrogens (tertiary/aromatic N) is 2. The minimum atomic E-state index is -0.281. The van der Waals surface area contributed by atoms with Crippen molar-refractivity contribution in [2.45, 2.75) is 0 Å². The fraction of sp³-hybridized carbons (Fsp3) is 0. The molecule has 1 heterocycles. The zero-order valence-electron chi connectivity index (χ0n) is 11.8. The van der Waals surface area contributed by atoms with Gasteiger partial charge in [-0.25, -0.2) is 9.37 Å². The van der Waals surface area contributed by atoms with Crippen LogP contribution >= 0.6 is 27.3 Å². The first kappa shape index (κ1) is 15.6. The van der Waals surface area contributed by atoms with Crippen molar-refractivity contribution in [2.24, 2.45) is 0 Å². The first-order valence-corrected chi connectivity index (χ1v) is 8.42. The predicted octanol–water partition coefficient (Wildman–Crippen LogP) is 5.78. The molecule has 0 spiro atoms. The van der Waals surface area contributed by atoms with Gasteiger partial charge < -0.3 is 0 Å². The van der Waals surface area contributed by atoms with E-state index in [0.29, 0.717) is 10.6 Å². The van der Waals surface area contributed by atoms with Gasteiger partial charge in [-0.2, -0.15) is 5.26 Å². The summed E-state index contributed by atoms with van der Waals surface area (Å²) in [6.45, 7) is 0. The van der Waals surface area contributed by atoms with E-state index in [2.05, 4.69) is 27.0 Å². The van der Waals surface area contributed by atoms with E-state index in [-0.39, 0.29) is 5.82 Å². The van der Waals surface area contributed by atoms with Gasteiger partial charge in [-0.1, -0.05) is 28.1 Å². The van der Waals surface area contributed by atoms with Gasteiger partial charge in [0.15, 0.2) is 0 Å². The van der Waals surface area contributed by atoms with E-state index in [1.807, 2.05) is 29.6 Å². The predicted molar refractivity (Wildman–Crippen MR) is 95.1 cm³/mol. The average Bonchev–Trinajstić information content (AvgIpc) is 3.03. The monoisotopic (exact) mass is 384 g/mol. The van der Waals surface area contributed by atoms with Crippen LogP contribution in [0.3, 0.4) is 0 Å². The maximum Gasteiger partial charge on any atom is 0.134 e. The highest BCUT2D eigenvalue weighted by Crippen LogP contribution is 2.27. The van der Waals surface area contributed by atoms with Crippen LogP contribution in [-0.4, -0.2) is 4.98 Å². The summed E-state index contributed by atoms with van der Waals surface area (Å²) in [6.07, 6.45) is 1.80. The Hall–Kier alpha value is -2.29. The van der Waals surface area contributed by atoms with Crippen molar-refractivity contribution >= 4 is 38.9 Å². The van der Waals surface area contributed by atoms with Crippen molar-refractivity contribution in [1.29, 1.82) is 5.26 Å². The maximum absolute atomic E-state index is 13.0. The number of allylic oxidation sites excluding steroid dienone is 1. The van der Waals surface area contributed by atoms with Gasteiger partial charge in [0.2, 0.25) is 0 Å². The van der Waals surface area contributed by atoms with E-state index >= 15 is 0 Å². The number of rotatable bonds is 3. The first-order chi connectivity index (χ1) is 11.2. The lowest BCUT2D eigenvalue weighted by molar-refractivity contribution is 0.628. The van der Waals surface area contributed by atoms with Crippen LogP contribution in [0.1, 0.15) is 10.6 Å². The third kappa shape index (κ3) is 3.73. The smallest absolute Gasteiger partial charge is 0.134 e. The highest BCUT2D eigenvalue weighted by Gasteiger charge is 2.09. The van der Waals surface area contributed by atoms with Crippen LogP contribution in [0, 0.1) is 17.1 Å². The molecule has 0 bridgehead atoms. The quantitative estimate of drug-likeness (QED) is 0.536. The molecule has 0 aliphatic heterocycles. The second-order valence-corrected chi connectivity index (χ2v) is 6.54. The van der Waals surface area contributed by atoms with Gasteiger partial charge in [-0.15, -0.1) is 11.3 Å². The molecule has 2 aromatic carbocycles. The van der Waals surface area contributed by atoms with Crippen molar-refractivity contribution in [3.63, 3.8) is 0 Å². The maximum atomic E-state index is 13.0. The third-order valence-electron chi connectivity index (χ3n) is 3.15. The Labute approximate surface area is 145 Å². The van der Waals surface area contributed by atoms with E-state index in [0.717, 1.165) is 21.3 Å². The molecular formula is C18H10BrFN2S. The van der Waals surface area contributed by atoms with Crippen molar-refractivity contribution in [3.05, 3.63) is 74.8 Å². The molecule has 0 unspecified atom stereocenters. The summed E-state index contributed by atoms with van der Waals surface area (Å²) in [6, 6.07) is 16.1. The summed E-state index contributed by atoms with van der Waals surface area (Å²) in [5.41, 5.74) is 2.99. The number of benzene rings is 2. The minimum absolute atomic E-state index is 0.281. The normalized spacial score (nSPS) is 11.3. The lowest BCUT2D eigenvalue weighted by atomic mass is 10.1. The molecule has 0 fully saturated rings. The SMILES string of the molecule is N#C/C(=C/c1cccc(Br)c1)c1nc(-c2ccc(F)cc2)cs1. The molecule has 3 rings (SSSR count). The molecule has 2 nitrogen and oxygen atoms in total. The number of aromatic nitrogens is 1. The second-order valence-electron chi connectivity index (χ2n) is 4.77. The number of hydrogen-bond acceptors (Lipinski definition) is 3. The highest BCUT2D eigenvalue weighted by atomic mass is 79.9. The van der Waals surface area contributed by atoms with Gasteiger partial charge in [0.1, 0.15) is 16.9 Å². The molecule has 0 aliphatic rings. The number of nitriles is 1. The van der Waals surface area contributed by atoms with E-state index in [4.69, 9.17) is 0 Å². The van der Waals surface area contributed by atoms with Crippen LogP contribution in [0.15, 0.2) is 58.4 Å². The molecule has 0 amide bonds. The fourth-order valence-electron chi connectivity index (χ4n) is 2.06. The van der Waals surface area contributed by atoms with Gasteiger partial charge in [-0.05, 0) is 48.0 Å². The highest BCUT2D eigenvalue weighted by molar-refractivity contribution is 9.10. The van der Waals surface area contributed by atoms with Crippen molar-refractivity contribution in [3.8, 4) is 17.3 Å². The first-order valence-electron chi connectivity index (χ1n) is 6.75. The molecule has 0 atom stereocenters. The van der Waals surface area contributed by atoms with Crippen LogP contribution in [0.4, 0.5) is 4.39 Å². The molecule has 1 aromatic heterocycles. The Morgan fingerprint density at radius 3 is 2.70 bits per heavy atom. The topological polar surface area (TPSA) is 36.7 Å². The molecule has 0 radical (unpaired) electrons. The zero-order chi connectivity index (χ0) is 16.2. The summed E-state index contributed by atoms with van der Waals surface area (Å²) in [5, 5.41) is 11.9. The van der Waals surface area contributed by atoms with Gasteiger partial charge >= 0.3 is 0 Å². The summed E-state index contributed by atoms with van der Waals surface area (Å²) >= 11 is 4.81. The van der Waals surface area contributed by atoms with Gasteiger partial charge in [-0.3, -0.25) is 0 Å². The van der Waals surface area contributed by atoms with Crippen LogP contribution in [-0.2, 0) is 0 Å². The van der Waals surface area contributed by atoms with Gasteiger partial charge in [0, 0.05) is 15.4 Å². The summed E-state index contributed by atoms with van der Waals surface area (Å²) in [4.78, 5) is 4.49. The molecule has 0 saturated carbocycles. The summed E-state index contributed by atoms with van der Waals surface area (Å²) in [5.74, 6) is -0.281. The van der Waals surface area contributed by atoms with E-state index in [9.17, 15) is 9.65 Å². The Kier molecular flexibility index (Phi) is 4.65. The van der Waals surface area contributed by atoms with E-state index in [1.165, 1.54) is 23.5 Å². The number of hydrogen-bond donors (Lipinski definition) is 0. The van der Waals surface area contributed by atoms with E-state index in [1.54, 1.807) is 18.2 Å². The molecule has 0 saturated heterocycles. The molecule has 5 heteroatoms. The number of thiazole rings is 1. The van der Waals surface area contributed by atoms with Crippen molar-refractivity contribution < 1.29 is 4.39 Å². The van der Waals surface area contributed by atoms with Crippen LogP contribution in [0.5, 0.6) is 0 Å². The number of halogens is 2. The summed E-state index contributed by atoms with van der Waals surface area (Å²) in [7, 11) is 0. The zero-order valence-corrected chi connectivity index (χ0v) is 14.2. The Morgan fingerprint density at radius 1 is 1.22 bits per heavy atom. The lowest BCUT2D eigenvalue weighted by Gasteiger charge is -1.97. The molecule has 3 aromatic rings. The molecule has 112 valence electrons.